The fourth-order valence-electron chi connectivity index (χ4n) is 1.19. The van der Waals surface area contributed by atoms with Crippen molar-refractivity contribution in [3.05, 3.63) is 48.2 Å². The number of benzene rings is 1. The van der Waals surface area contributed by atoms with Crippen LogP contribution in [0.2, 0.25) is 0 Å². The smallest absolute Gasteiger partial charge is 0.220 e. The van der Waals surface area contributed by atoms with Crippen LogP contribution in [0.5, 0.6) is 17.4 Å². The molecule has 0 atom stereocenters. The van der Waals surface area contributed by atoms with Crippen molar-refractivity contribution in [2.45, 2.75) is 0 Å². The standard InChI is InChI=1S/C12H8N2O2/c13-8-9-4-3-7-12(14-9)16-11-6-2-1-5-10(11)15/h1-7,15H. The Morgan fingerprint density at radius 3 is 2.69 bits per heavy atom. The number of nitriles is 1. The van der Waals surface area contributed by atoms with E-state index in [1.54, 1.807) is 36.4 Å². The van der Waals surface area contributed by atoms with Crippen LogP contribution in [0, 0.1) is 11.3 Å². The Bertz CT molecular complexity index is 547. The molecule has 1 N–H and O–H groups in total. The van der Waals surface area contributed by atoms with Crippen molar-refractivity contribution in [3.8, 4) is 23.4 Å². The van der Waals surface area contributed by atoms with Crippen LogP contribution in [0.25, 0.3) is 0 Å². The molecule has 2 rings (SSSR count). The molecule has 78 valence electrons. The van der Waals surface area contributed by atoms with Gasteiger partial charge in [0.15, 0.2) is 11.5 Å². The minimum Gasteiger partial charge on any atom is -0.504 e. The predicted octanol–water partition coefficient (Wildman–Crippen LogP) is 2.45. The molecule has 0 radical (unpaired) electrons. The van der Waals surface area contributed by atoms with Gasteiger partial charge in [-0.1, -0.05) is 18.2 Å². The topological polar surface area (TPSA) is 66.1 Å². The zero-order valence-corrected chi connectivity index (χ0v) is 8.29. The third-order valence-corrected chi connectivity index (χ3v) is 1.92. The van der Waals surface area contributed by atoms with Gasteiger partial charge < -0.3 is 9.84 Å². The van der Waals surface area contributed by atoms with Crippen LogP contribution in [-0.2, 0) is 0 Å². The molecule has 0 aliphatic rings. The molecule has 1 aromatic carbocycles. The third-order valence-electron chi connectivity index (χ3n) is 1.92. The summed E-state index contributed by atoms with van der Waals surface area (Å²) in [6, 6.07) is 13.4. The van der Waals surface area contributed by atoms with Crippen LogP contribution in [0.15, 0.2) is 42.5 Å². The summed E-state index contributed by atoms with van der Waals surface area (Å²) >= 11 is 0. The number of hydrogen-bond donors (Lipinski definition) is 1. The SMILES string of the molecule is N#Cc1cccc(Oc2ccccc2O)n1. The first kappa shape index (κ1) is 9.99. The van der Waals surface area contributed by atoms with Gasteiger partial charge in [-0.15, -0.1) is 0 Å². The van der Waals surface area contributed by atoms with E-state index in [1.165, 1.54) is 6.07 Å². The molecule has 0 fully saturated rings. The Hall–Kier alpha value is -2.54. The number of ether oxygens (including phenoxy) is 1. The Labute approximate surface area is 92.4 Å². The first-order valence-corrected chi connectivity index (χ1v) is 4.62. The molecular weight excluding hydrogens is 204 g/mol. The predicted molar refractivity (Wildman–Crippen MR) is 57.1 cm³/mol. The second kappa shape index (κ2) is 4.32. The van der Waals surface area contributed by atoms with Crippen molar-refractivity contribution in [3.63, 3.8) is 0 Å². The van der Waals surface area contributed by atoms with E-state index in [9.17, 15) is 5.11 Å². The van der Waals surface area contributed by atoms with E-state index in [2.05, 4.69) is 4.98 Å². The average Bonchev–Trinajstić information content (AvgIpc) is 2.32. The molecule has 1 heterocycles. The summed E-state index contributed by atoms with van der Waals surface area (Å²) in [5.41, 5.74) is 0.271. The maximum absolute atomic E-state index is 9.48. The number of para-hydroxylation sites is 2. The Morgan fingerprint density at radius 1 is 1.12 bits per heavy atom. The quantitative estimate of drug-likeness (QED) is 0.830. The molecule has 0 bridgehead atoms. The number of nitrogens with zero attached hydrogens (tertiary/aromatic N) is 2. The number of phenolic OH excluding ortho intramolecular Hbond substituents is 1. The number of rotatable bonds is 2. The van der Waals surface area contributed by atoms with Gasteiger partial charge in [0, 0.05) is 6.07 Å². The fourth-order valence-corrected chi connectivity index (χ4v) is 1.19. The molecule has 0 aliphatic carbocycles. The largest absolute Gasteiger partial charge is 0.504 e. The van der Waals surface area contributed by atoms with E-state index in [-0.39, 0.29) is 17.3 Å². The van der Waals surface area contributed by atoms with Crippen LogP contribution in [0.1, 0.15) is 5.69 Å². The van der Waals surface area contributed by atoms with E-state index < -0.39 is 0 Å². The second-order valence-electron chi connectivity index (χ2n) is 3.04. The minimum atomic E-state index is 0.0339. The van der Waals surface area contributed by atoms with Gasteiger partial charge in [-0.3, -0.25) is 0 Å². The molecule has 0 spiro atoms. The molecular formula is C12H8N2O2. The van der Waals surface area contributed by atoms with Gasteiger partial charge in [-0.25, -0.2) is 4.98 Å². The van der Waals surface area contributed by atoms with Gasteiger partial charge in [0.2, 0.25) is 5.88 Å². The molecule has 16 heavy (non-hydrogen) atoms. The number of aromatic hydroxyl groups is 1. The number of hydrogen-bond acceptors (Lipinski definition) is 4. The first-order chi connectivity index (χ1) is 7.79. The molecule has 0 aliphatic heterocycles. The van der Waals surface area contributed by atoms with Gasteiger partial charge in [-0.2, -0.15) is 5.26 Å². The average molecular weight is 212 g/mol. The molecule has 4 heteroatoms. The van der Waals surface area contributed by atoms with Gasteiger partial charge in [0.25, 0.3) is 0 Å². The van der Waals surface area contributed by atoms with Crippen LogP contribution in [-0.4, -0.2) is 10.1 Å². The molecule has 0 saturated carbocycles. The summed E-state index contributed by atoms with van der Waals surface area (Å²) in [6.45, 7) is 0. The van der Waals surface area contributed by atoms with Crippen molar-refractivity contribution >= 4 is 0 Å². The second-order valence-corrected chi connectivity index (χ2v) is 3.04. The van der Waals surface area contributed by atoms with Crippen LogP contribution < -0.4 is 4.74 Å². The zero-order chi connectivity index (χ0) is 11.4. The molecule has 1 aromatic heterocycles. The first-order valence-electron chi connectivity index (χ1n) is 4.62. The van der Waals surface area contributed by atoms with Gasteiger partial charge in [-0.05, 0) is 18.2 Å². The molecule has 2 aromatic rings. The summed E-state index contributed by atoms with van der Waals surface area (Å²) in [6.07, 6.45) is 0. The van der Waals surface area contributed by atoms with E-state index in [4.69, 9.17) is 10.00 Å². The summed E-state index contributed by atoms with van der Waals surface area (Å²) in [5, 5.41) is 18.1. The lowest BCUT2D eigenvalue weighted by Crippen LogP contribution is -1.89. The highest BCUT2D eigenvalue weighted by Gasteiger charge is 2.03. The van der Waals surface area contributed by atoms with Crippen molar-refractivity contribution < 1.29 is 9.84 Å². The lowest BCUT2D eigenvalue weighted by molar-refractivity contribution is 0.402. The zero-order valence-electron chi connectivity index (χ0n) is 8.29. The van der Waals surface area contributed by atoms with Crippen molar-refractivity contribution in [1.29, 1.82) is 5.26 Å². The number of phenols is 1. The summed E-state index contributed by atoms with van der Waals surface area (Å²) in [5.74, 6) is 0.623. The van der Waals surface area contributed by atoms with Crippen molar-refractivity contribution in [1.82, 2.24) is 4.98 Å². The van der Waals surface area contributed by atoms with Crippen molar-refractivity contribution in [2.75, 3.05) is 0 Å². The van der Waals surface area contributed by atoms with E-state index in [1.807, 2.05) is 6.07 Å². The highest BCUT2D eigenvalue weighted by atomic mass is 16.5. The maximum Gasteiger partial charge on any atom is 0.220 e. The lowest BCUT2D eigenvalue weighted by Gasteiger charge is -2.05. The molecule has 0 unspecified atom stereocenters. The lowest BCUT2D eigenvalue weighted by atomic mass is 10.3. The van der Waals surface area contributed by atoms with E-state index >= 15 is 0 Å². The number of pyridine rings is 1. The Morgan fingerprint density at radius 2 is 1.94 bits per heavy atom. The normalized spacial score (nSPS) is 9.44. The molecule has 4 nitrogen and oxygen atoms in total. The molecule has 0 saturated heterocycles. The van der Waals surface area contributed by atoms with E-state index in [0.717, 1.165) is 0 Å². The Balaban J connectivity index is 2.28. The van der Waals surface area contributed by atoms with Gasteiger partial charge in [0.05, 0.1) is 0 Å². The van der Waals surface area contributed by atoms with Gasteiger partial charge in [0.1, 0.15) is 11.8 Å². The van der Waals surface area contributed by atoms with Crippen molar-refractivity contribution in [2.24, 2.45) is 0 Å². The van der Waals surface area contributed by atoms with Crippen LogP contribution in [0.4, 0.5) is 0 Å². The summed E-state index contributed by atoms with van der Waals surface area (Å²) in [4.78, 5) is 3.93. The Kier molecular flexibility index (Phi) is 2.70. The fraction of sp³-hybridized carbons (Fsp3) is 0. The van der Waals surface area contributed by atoms with Gasteiger partial charge >= 0.3 is 0 Å². The van der Waals surface area contributed by atoms with Crippen LogP contribution >= 0.6 is 0 Å². The molecule has 0 amide bonds. The monoisotopic (exact) mass is 212 g/mol. The maximum atomic E-state index is 9.48. The van der Waals surface area contributed by atoms with Crippen LogP contribution in [0.3, 0.4) is 0 Å². The summed E-state index contributed by atoms with van der Waals surface area (Å²) < 4.78 is 5.34. The number of aromatic nitrogens is 1. The highest BCUT2D eigenvalue weighted by Crippen LogP contribution is 2.28. The highest BCUT2D eigenvalue weighted by molar-refractivity contribution is 5.40. The summed E-state index contributed by atoms with van der Waals surface area (Å²) in [7, 11) is 0. The van der Waals surface area contributed by atoms with E-state index in [0.29, 0.717) is 5.75 Å². The third kappa shape index (κ3) is 2.10. The minimum absolute atomic E-state index is 0.0339.